The van der Waals surface area contributed by atoms with Crippen LogP contribution in [0.3, 0.4) is 0 Å². The molecular weight excluding hydrogens is 266 g/mol. The fourth-order valence-corrected chi connectivity index (χ4v) is 2.53. The molecule has 1 fully saturated rings. The summed E-state index contributed by atoms with van der Waals surface area (Å²) in [6.07, 6.45) is 4.57. The molecule has 1 unspecified atom stereocenters. The van der Waals surface area contributed by atoms with Crippen molar-refractivity contribution in [2.24, 2.45) is 5.73 Å². The number of likely N-dealkylation sites (tertiary alicyclic amines) is 1. The van der Waals surface area contributed by atoms with Crippen molar-refractivity contribution in [1.82, 2.24) is 9.88 Å². The Morgan fingerprint density at radius 3 is 2.76 bits per heavy atom. The number of hydrogen-bond donors (Lipinski definition) is 1. The molecule has 0 spiro atoms. The molecule has 1 saturated heterocycles. The third-order valence-corrected chi connectivity index (χ3v) is 3.56. The van der Waals surface area contributed by atoms with Crippen LogP contribution in [-0.2, 0) is 11.3 Å². The topological polar surface area (TPSA) is 68.5 Å². The number of nitrogens with two attached hydrogens (primary N) is 1. The zero-order valence-corrected chi connectivity index (χ0v) is 13.1. The summed E-state index contributed by atoms with van der Waals surface area (Å²) in [7, 11) is 0. The predicted octanol–water partition coefficient (Wildman–Crippen LogP) is 3.00. The molecule has 1 aromatic heterocycles. The molecule has 1 aliphatic rings. The Bertz CT molecular complexity index is 479. The molecule has 1 atom stereocenters. The lowest BCUT2D eigenvalue weighted by Gasteiger charge is -2.36. The molecule has 0 radical (unpaired) electrons. The molecule has 116 valence electrons. The van der Waals surface area contributed by atoms with Crippen LogP contribution in [0.5, 0.6) is 0 Å². The summed E-state index contributed by atoms with van der Waals surface area (Å²) in [5.41, 5.74) is 7.04. The standard InChI is InChI=1S/C16H25N3O2/c1-16(2,3)21-15(20)19-9-5-4-6-14(19)13-8-7-12(10-17)11-18-13/h7-8,11,14H,4-6,9-10,17H2,1-3H3. The van der Waals surface area contributed by atoms with Crippen LogP contribution in [-0.4, -0.2) is 28.1 Å². The van der Waals surface area contributed by atoms with E-state index in [1.165, 1.54) is 0 Å². The summed E-state index contributed by atoms with van der Waals surface area (Å²) >= 11 is 0. The fourth-order valence-electron chi connectivity index (χ4n) is 2.53. The zero-order valence-electron chi connectivity index (χ0n) is 13.1. The molecule has 21 heavy (non-hydrogen) atoms. The molecule has 1 aliphatic heterocycles. The van der Waals surface area contributed by atoms with Crippen molar-refractivity contribution in [3.05, 3.63) is 29.6 Å². The predicted molar refractivity (Wildman–Crippen MR) is 81.7 cm³/mol. The Labute approximate surface area is 126 Å². The molecule has 0 bridgehead atoms. The van der Waals surface area contributed by atoms with Crippen LogP contribution in [0, 0.1) is 0 Å². The maximum atomic E-state index is 12.4. The van der Waals surface area contributed by atoms with Gasteiger partial charge in [0.05, 0.1) is 11.7 Å². The minimum Gasteiger partial charge on any atom is -0.444 e. The van der Waals surface area contributed by atoms with Gasteiger partial charge in [0.1, 0.15) is 5.60 Å². The lowest BCUT2D eigenvalue weighted by atomic mass is 9.99. The van der Waals surface area contributed by atoms with Gasteiger partial charge in [0.15, 0.2) is 0 Å². The van der Waals surface area contributed by atoms with Crippen LogP contribution in [0.4, 0.5) is 4.79 Å². The van der Waals surface area contributed by atoms with Crippen LogP contribution in [0.25, 0.3) is 0 Å². The van der Waals surface area contributed by atoms with E-state index < -0.39 is 5.60 Å². The van der Waals surface area contributed by atoms with Gasteiger partial charge in [-0.15, -0.1) is 0 Å². The highest BCUT2D eigenvalue weighted by Crippen LogP contribution is 2.31. The van der Waals surface area contributed by atoms with Crippen molar-refractivity contribution < 1.29 is 9.53 Å². The average Bonchev–Trinajstić information content (AvgIpc) is 2.45. The lowest BCUT2D eigenvalue weighted by Crippen LogP contribution is -2.42. The second kappa shape index (κ2) is 6.43. The van der Waals surface area contributed by atoms with Gasteiger partial charge < -0.3 is 10.5 Å². The van der Waals surface area contributed by atoms with Crippen molar-refractivity contribution in [2.45, 2.75) is 58.2 Å². The Hall–Kier alpha value is -1.62. The Balaban J connectivity index is 2.16. The highest BCUT2D eigenvalue weighted by atomic mass is 16.6. The summed E-state index contributed by atoms with van der Waals surface area (Å²) in [6.45, 7) is 6.86. The van der Waals surface area contributed by atoms with E-state index in [9.17, 15) is 4.79 Å². The minimum atomic E-state index is -0.476. The first-order valence-electron chi connectivity index (χ1n) is 7.55. The molecule has 5 nitrogen and oxygen atoms in total. The van der Waals surface area contributed by atoms with E-state index in [0.717, 1.165) is 37.1 Å². The SMILES string of the molecule is CC(C)(C)OC(=O)N1CCCCC1c1ccc(CN)cn1. The number of rotatable bonds is 2. The zero-order chi connectivity index (χ0) is 15.5. The Morgan fingerprint density at radius 2 is 2.19 bits per heavy atom. The number of carbonyl (C=O) groups excluding carboxylic acids is 1. The highest BCUT2D eigenvalue weighted by molar-refractivity contribution is 5.69. The largest absolute Gasteiger partial charge is 0.444 e. The van der Waals surface area contributed by atoms with Gasteiger partial charge in [-0.05, 0) is 51.7 Å². The number of hydrogen-bond acceptors (Lipinski definition) is 4. The quantitative estimate of drug-likeness (QED) is 0.909. The Kier molecular flexibility index (Phi) is 4.83. The smallest absolute Gasteiger partial charge is 0.410 e. The van der Waals surface area contributed by atoms with E-state index >= 15 is 0 Å². The van der Waals surface area contributed by atoms with Gasteiger partial charge in [0.25, 0.3) is 0 Å². The molecule has 2 heterocycles. The van der Waals surface area contributed by atoms with Gasteiger partial charge in [-0.25, -0.2) is 4.79 Å². The molecule has 0 aromatic carbocycles. The first kappa shape index (κ1) is 15.8. The van der Waals surface area contributed by atoms with E-state index in [1.807, 2.05) is 32.9 Å². The number of pyridine rings is 1. The summed E-state index contributed by atoms with van der Waals surface area (Å²) < 4.78 is 5.51. The van der Waals surface area contributed by atoms with Gasteiger partial charge >= 0.3 is 6.09 Å². The molecule has 0 saturated carbocycles. The minimum absolute atomic E-state index is 0.000393. The van der Waals surface area contributed by atoms with Crippen molar-refractivity contribution >= 4 is 6.09 Å². The van der Waals surface area contributed by atoms with E-state index in [-0.39, 0.29) is 12.1 Å². The van der Waals surface area contributed by atoms with Crippen LogP contribution in [0.1, 0.15) is 57.3 Å². The van der Waals surface area contributed by atoms with Gasteiger partial charge in [-0.2, -0.15) is 0 Å². The van der Waals surface area contributed by atoms with E-state index in [4.69, 9.17) is 10.5 Å². The van der Waals surface area contributed by atoms with Crippen molar-refractivity contribution in [1.29, 1.82) is 0 Å². The summed E-state index contributed by atoms with van der Waals surface area (Å²) in [5, 5.41) is 0. The van der Waals surface area contributed by atoms with Gasteiger partial charge in [-0.1, -0.05) is 6.07 Å². The molecule has 0 aliphatic carbocycles. The van der Waals surface area contributed by atoms with Crippen LogP contribution in [0.15, 0.2) is 18.3 Å². The number of aromatic nitrogens is 1. The lowest BCUT2D eigenvalue weighted by molar-refractivity contribution is 0.00900. The average molecular weight is 291 g/mol. The monoisotopic (exact) mass is 291 g/mol. The van der Waals surface area contributed by atoms with Crippen molar-refractivity contribution in [3.8, 4) is 0 Å². The molecule has 5 heteroatoms. The maximum Gasteiger partial charge on any atom is 0.410 e. The Morgan fingerprint density at radius 1 is 1.43 bits per heavy atom. The fraction of sp³-hybridized carbons (Fsp3) is 0.625. The summed E-state index contributed by atoms with van der Waals surface area (Å²) in [5.74, 6) is 0. The normalized spacial score (nSPS) is 19.4. The third kappa shape index (κ3) is 4.17. The van der Waals surface area contributed by atoms with Crippen molar-refractivity contribution in [3.63, 3.8) is 0 Å². The third-order valence-electron chi connectivity index (χ3n) is 3.56. The van der Waals surface area contributed by atoms with Gasteiger partial charge in [0.2, 0.25) is 0 Å². The maximum absolute atomic E-state index is 12.4. The van der Waals surface area contributed by atoms with Crippen LogP contribution >= 0.6 is 0 Å². The van der Waals surface area contributed by atoms with Crippen LogP contribution < -0.4 is 5.73 Å². The molecule has 2 N–H and O–H groups in total. The van der Waals surface area contributed by atoms with E-state index in [0.29, 0.717) is 6.54 Å². The number of piperidine rings is 1. The molecular formula is C16H25N3O2. The molecule has 1 aromatic rings. The first-order chi connectivity index (χ1) is 9.90. The molecule has 1 amide bonds. The van der Waals surface area contributed by atoms with Crippen molar-refractivity contribution in [2.75, 3.05) is 6.54 Å². The van der Waals surface area contributed by atoms with Gasteiger partial charge in [-0.3, -0.25) is 9.88 Å². The summed E-state index contributed by atoms with van der Waals surface area (Å²) in [6, 6.07) is 3.94. The second-order valence-corrected chi connectivity index (χ2v) is 6.48. The number of carbonyl (C=O) groups is 1. The first-order valence-corrected chi connectivity index (χ1v) is 7.55. The summed E-state index contributed by atoms with van der Waals surface area (Å²) in [4.78, 5) is 18.7. The van der Waals surface area contributed by atoms with Crippen LogP contribution in [0.2, 0.25) is 0 Å². The highest BCUT2D eigenvalue weighted by Gasteiger charge is 2.32. The van der Waals surface area contributed by atoms with Gasteiger partial charge in [0, 0.05) is 19.3 Å². The molecule has 2 rings (SSSR count). The number of amides is 1. The van der Waals surface area contributed by atoms with E-state index in [2.05, 4.69) is 4.98 Å². The number of nitrogens with zero attached hydrogens (tertiary/aromatic N) is 2. The second-order valence-electron chi connectivity index (χ2n) is 6.48. The number of ether oxygens (including phenoxy) is 1. The van der Waals surface area contributed by atoms with E-state index in [1.54, 1.807) is 11.1 Å².